The van der Waals surface area contributed by atoms with Crippen LogP contribution in [0.2, 0.25) is 0 Å². The van der Waals surface area contributed by atoms with Gasteiger partial charge in [0.05, 0.1) is 6.61 Å². The van der Waals surface area contributed by atoms with Gasteiger partial charge >= 0.3 is 5.97 Å². The van der Waals surface area contributed by atoms with E-state index in [1.807, 2.05) is 6.92 Å². The summed E-state index contributed by atoms with van der Waals surface area (Å²) in [4.78, 5) is 10.2. The van der Waals surface area contributed by atoms with Crippen LogP contribution >= 0.6 is 0 Å². The molecule has 0 fully saturated rings. The molecule has 1 aromatic carbocycles. The molecule has 0 saturated heterocycles. The fraction of sp³-hybridized carbons (Fsp3) is 0.417. The summed E-state index contributed by atoms with van der Waals surface area (Å²) in [5.41, 5.74) is 5.63. The van der Waals surface area contributed by atoms with Gasteiger partial charge in [0.2, 0.25) is 0 Å². The Balaban J connectivity index is 0.000000366. The molecule has 0 heterocycles. The monoisotopic (exact) mass is 241 g/mol. The topological polar surface area (TPSA) is 104 Å². The van der Waals surface area contributed by atoms with Crippen LogP contribution in [0, 0.1) is 0 Å². The summed E-state index contributed by atoms with van der Waals surface area (Å²) in [7, 11) is 0. The summed E-state index contributed by atoms with van der Waals surface area (Å²) < 4.78 is 0. The van der Waals surface area contributed by atoms with Gasteiger partial charge in [0, 0.05) is 6.04 Å². The molecule has 17 heavy (non-hydrogen) atoms. The molecule has 5 N–H and O–H groups in total. The number of rotatable bonds is 4. The van der Waals surface area contributed by atoms with Gasteiger partial charge in [0.25, 0.3) is 0 Å². The molecule has 0 spiro atoms. The van der Waals surface area contributed by atoms with Crippen LogP contribution in [0.15, 0.2) is 30.3 Å². The van der Waals surface area contributed by atoms with E-state index in [9.17, 15) is 4.79 Å². The lowest BCUT2D eigenvalue weighted by Gasteiger charge is -2.03. The minimum absolute atomic E-state index is 0.00926. The van der Waals surface area contributed by atoms with Gasteiger partial charge in [-0.15, -0.1) is 0 Å². The lowest BCUT2D eigenvalue weighted by molar-refractivity contribution is -0.146. The molecule has 0 aromatic heterocycles. The van der Waals surface area contributed by atoms with Crippen LogP contribution in [0.25, 0.3) is 0 Å². The van der Waals surface area contributed by atoms with Gasteiger partial charge in [-0.3, -0.25) is 0 Å². The molecule has 0 aliphatic heterocycles. The third kappa shape index (κ3) is 6.68. The summed E-state index contributed by atoms with van der Waals surface area (Å²) in [6.07, 6.45) is -0.549. The molecule has 0 aliphatic rings. The Hall–Kier alpha value is -1.43. The molecule has 1 aromatic rings. The van der Waals surface area contributed by atoms with Crippen LogP contribution in [0.5, 0.6) is 0 Å². The van der Waals surface area contributed by atoms with E-state index in [-0.39, 0.29) is 12.6 Å². The Morgan fingerprint density at radius 1 is 1.35 bits per heavy atom. The SMILES string of the molecule is CC[C@@H](N)CO.O=C(O)C(O)c1ccccc1. The van der Waals surface area contributed by atoms with E-state index in [1.165, 1.54) is 0 Å². The first-order valence-electron chi connectivity index (χ1n) is 5.35. The molecule has 0 aliphatic carbocycles. The van der Waals surface area contributed by atoms with Crippen molar-refractivity contribution in [1.82, 2.24) is 0 Å². The minimum Gasteiger partial charge on any atom is -0.479 e. The van der Waals surface area contributed by atoms with E-state index in [2.05, 4.69) is 0 Å². The third-order valence-corrected chi connectivity index (χ3v) is 2.11. The first-order chi connectivity index (χ1) is 8.02. The normalized spacial score (nSPS) is 13.2. The Morgan fingerprint density at radius 2 is 1.88 bits per heavy atom. The largest absolute Gasteiger partial charge is 0.479 e. The Kier molecular flexibility index (Phi) is 7.96. The Morgan fingerprint density at radius 3 is 2.18 bits per heavy atom. The molecule has 1 unspecified atom stereocenters. The molecule has 0 radical (unpaired) electrons. The number of benzene rings is 1. The molecule has 0 saturated carbocycles. The van der Waals surface area contributed by atoms with Crippen LogP contribution in [0.3, 0.4) is 0 Å². The molecule has 0 amide bonds. The smallest absolute Gasteiger partial charge is 0.337 e. The van der Waals surface area contributed by atoms with Crippen LogP contribution in [-0.2, 0) is 4.79 Å². The zero-order chi connectivity index (χ0) is 13.3. The van der Waals surface area contributed by atoms with Crippen molar-refractivity contribution in [2.45, 2.75) is 25.5 Å². The lowest BCUT2D eigenvalue weighted by atomic mass is 10.1. The minimum atomic E-state index is -1.41. The molecular formula is C12H19NO4. The second-order valence-electron chi connectivity index (χ2n) is 3.50. The summed E-state index contributed by atoms with van der Waals surface area (Å²) >= 11 is 0. The van der Waals surface area contributed by atoms with Crippen molar-refractivity contribution < 1.29 is 20.1 Å². The van der Waals surface area contributed by atoms with Crippen LogP contribution in [-0.4, -0.2) is 33.9 Å². The number of carbonyl (C=O) groups is 1. The van der Waals surface area contributed by atoms with Gasteiger partial charge in [-0.05, 0) is 12.0 Å². The van der Waals surface area contributed by atoms with Gasteiger partial charge in [-0.25, -0.2) is 4.79 Å². The van der Waals surface area contributed by atoms with Gasteiger partial charge in [-0.1, -0.05) is 37.3 Å². The number of carboxylic acid groups (broad SMARTS) is 1. The van der Waals surface area contributed by atoms with E-state index in [0.717, 1.165) is 6.42 Å². The van der Waals surface area contributed by atoms with Gasteiger partial charge < -0.3 is 21.1 Å². The van der Waals surface area contributed by atoms with E-state index < -0.39 is 12.1 Å². The average molecular weight is 241 g/mol. The van der Waals surface area contributed by atoms with Crippen LogP contribution < -0.4 is 5.73 Å². The third-order valence-electron chi connectivity index (χ3n) is 2.11. The molecule has 5 nitrogen and oxygen atoms in total. The van der Waals surface area contributed by atoms with E-state index >= 15 is 0 Å². The molecule has 2 atom stereocenters. The summed E-state index contributed by atoms with van der Waals surface area (Å²) in [6.45, 7) is 2.05. The fourth-order valence-electron chi connectivity index (χ4n) is 0.907. The maximum absolute atomic E-state index is 10.2. The number of hydrogen-bond acceptors (Lipinski definition) is 4. The zero-order valence-corrected chi connectivity index (χ0v) is 9.78. The second-order valence-corrected chi connectivity index (χ2v) is 3.50. The van der Waals surface area contributed by atoms with Gasteiger partial charge in [0.15, 0.2) is 6.10 Å². The quantitative estimate of drug-likeness (QED) is 0.615. The molecule has 1 rings (SSSR count). The van der Waals surface area contributed by atoms with E-state index in [4.69, 9.17) is 21.1 Å². The van der Waals surface area contributed by atoms with Gasteiger partial charge in [-0.2, -0.15) is 0 Å². The summed E-state index contributed by atoms with van der Waals surface area (Å²) in [6, 6.07) is 8.25. The predicted molar refractivity (Wildman–Crippen MR) is 64.4 cm³/mol. The van der Waals surface area contributed by atoms with Crippen molar-refractivity contribution in [2.75, 3.05) is 6.61 Å². The van der Waals surface area contributed by atoms with Crippen molar-refractivity contribution in [1.29, 1.82) is 0 Å². The standard InChI is InChI=1S/C8H8O3.C4H11NO/c9-7(8(10)11)6-4-2-1-3-5-6;1-2-4(5)3-6/h1-5,7,9H,(H,10,11);4,6H,2-3,5H2,1H3/t;4-/m.1/s1. The number of aliphatic carboxylic acids is 1. The highest BCUT2D eigenvalue weighted by atomic mass is 16.4. The molecule has 0 bridgehead atoms. The average Bonchev–Trinajstić information content (AvgIpc) is 2.38. The predicted octanol–water partition coefficient (Wildman–Crippen LogP) is 0.521. The number of nitrogens with two attached hydrogens (primary N) is 1. The zero-order valence-electron chi connectivity index (χ0n) is 9.78. The van der Waals surface area contributed by atoms with Crippen LogP contribution in [0.1, 0.15) is 25.0 Å². The van der Waals surface area contributed by atoms with Crippen molar-refractivity contribution in [2.24, 2.45) is 5.73 Å². The first kappa shape index (κ1) is 15.6. The fourth-order valence-corrected chi connectivity index (χ4v) is 0.907. The Bertz CT molecular complexity index is 312. The maximum Gasteiger partial charge on any atom is 0.337 e. The van der Waals surface area contributed by atoms with Crippen molar-refractivity contribution in [3.05, 3.63) is 35.9 Å². The second kappa shape index (κ2) is 8.69. The number of carboxylic acids is 1. The highest BCUT2D eigenvalue weighted by Crippen LogP contribution is 2.10. The number of aliphatic hydroxyl groups excluding tert-OH is 2. The lowest BCUT2D eigenvalue weighted by Crippen LogP contribution is -2.22. The molecule has 96 valence electrons. The molecular weight excluding hydrogens is 222 g/mol. The maximum atomic E-state index is 10.2. The van der Waals surface area contributed by atoms with Gasteiger partial charge in [0.1, 0.15) is 0 Å². The van der Waals surface area contributed by atoms with Crippen molar-refractivity contribution >= 4 is 5.97 Å². The summed E-state index contributed by atoms with van der Waals surface area (Å²) in [5, 5.41) is 25.6. The van der Waals surface area contributed by atoms with E-state index in [1.54, 1.807) is 30.3 Å². The number of hydrogen-bond donors (Lipinski definition) is 4. The first-order valence-corrected chi connectivity index (χ1v) is 5.35. The van der Waals surface area contributed by atoms with Crippen molar-refractivity contribution in [3.63, 3.8) is 0 Å². The Labute approximate surface area is 101 Å². The van der Waals surface area contributed by atoms with E-state index in [0.29, 0.717) is 5.56 Å². The highest BCUT2D eigenvalue weighted by Gasteiger charge is 2.14. The highest BCUT2D eigenvalue weighted by molar-refractivity contribution is 5.73. The van der Waals surface area contributed by atoms with Crippen LogP contribution in [0.4, 0.5) is 0 Å². The number of aliphatic hydroxyl groups is 2. The molecule has 5 heteroatoms. The van der Waals surface area contributed by atoms with Crippen molar-refractivity contribution in [3.8, 4) is 0 Å². The summed E-state index contributed by atoms with van der Waals surface area (Å²) in [5.74, 6) is -1.23.